The molecule has 3 aromatic carbocycles. The Kier molecular flexibility index (Phi) is 9.34. The molecule has 0 aliphatic carbocycles. The van der Waals surface area contributed by atoms with E-state index in [1.807, 2.05) is 108 Å². The first-order valence-corrected chi connectivity index (χ1v) is 18.3. The molecule has 2 fully saturated rings. The van der Waals surface area contributed by atoms with Gasteiger partial charge >= 0.3 is 12.2 Å². The van der Waals surface area contributed by atoms with Gasteiger partial charge in [-0.15, -0.1) is 0 Å². The van der Waals surface area contributed by atoms with Gasteiger partial charge in [-0.05, 0) is 104 Å². The van der Waals surface area contributed by atoms with Crippen LogP contribution in [0.4, 0.5) is 21.0 Å². The van der Waals surface area contributed by atoms with Crippen molar-refractivity contribution in [1.29, 1.82) is 0 Å². The molecule has 53 heavy (non-hydrogen) atoms. The molecule has 4 amide bonds. The van der Waals surface area contributed by atoms with Crippen LogP contribution in [0.1, 0.15) is 79.0 Å². The zero-order valence-electron chi connectivity index (χ0n) is 31.1. The summed E-state index contributed by atoms with van der Waals surface area (Å²) >= 11 is 0. The molecule has 1 aromatic heterocycles. The van der Waals surface area contributed by atoms with Crippen molar-refractivity contribution in [2.75, 3.05) is 23.7 Å². The quantitative estimate of drug-likeness (QED) is 0.214. The minimum absolute atomic E-state index is 0.256. The van der Waals surface area contributed by atoms with Crippen molar-refractivity contribution in [3.05, 3.63) is 78.4 Å². The summed E-state index contributed by atoms with van der Waals surface area (Å²) in [5.74, 6) is 0.0625. The lowest BCUT2D eigenvalue weighted by Gasteiger charge is -2.31. The number of aromatic nitrogens is 1. The highest BCUT2D eigenvalue weighted by atomic mass is 16.6. The van der Waals surface area contributed by atoms with Gasteiger partial charge < -0.3 is 29.4 Å². The van der Waals surface area contributed by atoms with Gasteiger partial charge in [-0.25, -0.2) is 9.59 Å². The minimum atomic E-state index is -0.662. The van der Waals surface area contributed by atoms with E-state index >= 15 is 0 Å². The SMILES string of the molecule is CC(C)(C)OC(=O)N1CCC[C@H]1C(=O)Nc1ccc2c(c1)OC(c1ccccc1)n1c-2cc2cc(NC(=O)[C@@H]3CCCN3C(=O)OC(C)(C)C)ccc21. The monoisotopic (exact) mass is 721 g/mol. The number of ether oxygens (including phenoxy) is 3. The van der Waals surface area contributed by atoms with E-state index < -0.39 is 41.7 Å². The van der Waals surface area contributed by atoms with Crippen LogP contribution in [0.25, 0.3) is 22.2 Å². The number of benzene rings is 3. The second kappa shape index (κ2) is 13.8. The first-order valence-electron chi connectivity index (χ1n) is 18.3. The average Bonchev–Trinajstić information content (AvgIpc) is 3.86. The highest BCUT2D eigenvalue weighted by Gasteiger charge is 2.38. The van der Waals surface area contributed by atoms with E-state index in [0.29, 0.717) is 49.5 Å². The van der Waals surface area contributed by atoms with E-state index in [2.05, 4.69) is 21.3 Å². The first kappa shape index (κ1) is 35.9. The van der Waals surface area contributed by atoms with E-state index in [-0.39, 0.29) is 11.8 Å². The molecule has 12 heteroatoms. The molecule has 4 aromatic rings. The van der Waals surface area contributed by atoms with E-state index in [1.54, 1.807) is 0 Å². The zero-order chi connectivity index (χ0) is 37.7. The van der Waals surface area contributed by atoms with E-state index in [0.717, 1.165) is 34.1 Å². The predicted octanol–water partition coefficient (Wildman–Crippen LogP) is 7.92. The summed E-state index contributed by atoms with van der Waals surface area (Å²) in [7, 11) is 0. The van der Waals surface area contributed by atoms with Crippen LogP contribution in [0.15, 0.2) is 72.8 Å². The maximum absolute atomic E-state index is 13.5. The summed E-state index contributed by atoms with van der Waals surface area (Å²) < 4.78 is 20.0. The van der Waals surface area contributed by atoms with Crippen LogP contribution in [0.2, 0.25) is 0 Å². The molecule has 2 N–H and O–H groups in total. The third kappa shape index (κ3) is 7.53. The molecular weight excluding hydrogens is 674 g/mol. The molecule has 0 spiro atoms. The summed E-state index contributed by atoms with van der Waals surface area (Å²) in [6, 6.07) is 22.1. The lowest BCUT2D eigenvalue weighted by atomic mass is 10.1. The van der Waals surface area contributed by atoms with Gasteiger partial charge in [0.2, 0.25) is 18.0 Å². The third-order valence-electron chi connectivity index (χ3n) is 9.56. The van der Waals surface area contributed by atoms with Gasteiger partial charge in [-0.2, -0.15) is 0 Å². The van der Waals surface area contributed by atoms with Crippen molar-refractivity contribution in [2.45, 2.75) is 96.7 Å². The number of likely N-dealkylation sites (tertiary alicyclic amines) is 2. The van der Waals surface area contributed by atoms with Crippen molar-refractivity contribution in [2.24, 2.45) is 0 Å². The molecule has 278 valence electrons. The molecule has 2 saturated heterocycles. The topological polar surface area (TPSA) is 131 Å². The molecule has 1 unspecified atom stereocenters. The van der Waals surface area contributed by atoms with E-state index in [4.69, 9.17) is 14.2 Å². The highest BCUT2D eigenvalue weighted by Crippen LogP contribution is 2.45. The fraction of sp³-hybridized carbons (Fsp3) is 0.415. The Bertz CT molecular complexity index is 2060. The van der Waals surface area contributed by atoms with Crippen LogP contribution in [0.5, 0.6) is 5.75 Å². The average molecular weight is 722 g/mol. The highest BCUT2D eigenvalue weighted by molar-refractivity contribution is 6.00. The molecule has 0 radical (unpaired) electrons. The fourth-order valence-corrected chi connectivity index (χ4v) is 7.30. The summed E-state index contributed by atoms with van der Waals surface area (Å²) in [4.78, 5) is 55.7. The van der Waals surface area contributed by atoms with Crippen LogP contribution in [0, 0.1) is 0 Å². The Morgan fingerprint density at radius 3 is 1.81 bits per heavy atom. The number of rotatable bonds is 5. The molecule has 0 saturated carbocycles. The maximum atomic E-state index is 13.5. The number of hydrogen-bond acceptors (Lipinski definition) is 7. The largest absolute Gasteiger partial charge is 0.465 e. The van der Waals surface area contributed by atoms with Gasteiger partial charge in [0.25, 0.3) is 0 Å². The smallest absolute Gasteiger partial charge is 0.410 e. The summed E-state index contributed by atoms with van der Waals surface area (Å²) in [5, 5.41) is 6.94. The number of fused-ring (bicyclic) bond motifs is 5. The molecule has 12 nitrogen and oxygen atoms in total. The Balaban J connectivity index is 1.15. The molecule has 3 aliphatic rings. The van der Waals surface area contributed by atoms with Gasteiger partial charge in [0.15, 0.2) is 0 Å². The van der Waals surface area contributed by atoms with Crippen LogP contribution < -0.4 is 15.4 Å². The van der Waals surface area contributed by atoms with Gasteiger partial charge in [0, 0.05) is 47.0 Å². The van der Waals surface area contributed by atoms with Gasteiger partial charge in [-0.3, -0.25) is 19.4 Å². The van der Waals surface area contributed by atoms with Crippen LogP contribution >= 0.6 is 0 Å². The minimum Gasteiger partial charge on any atom is -0.465 e. The number of anilines is 2. The van der Waals surface area contributed by atoms with Crippen molar-refractivity contribution in [3.8, 4) is 17.0 Å². The number of hydrogen-bond donors (Lipinski definition) is 2. The van der Waals surface area contributed by atoms with E-state index in [1.165, 1.54) is 9.80 Å². The molecule has 3 atom stereocenters. The number of nitrogens with zero attached hydrogens (tertiary/aromatic N) is 3. The normalized spacial score (nSPS) is 19.6. The molecule has 0 bridgehead atoms. The van der Waals surface area contributed by atoms with Crippen molar-refractivity contribution < 1.29 is 33.4 Å². The van der Waals surface area contributed by atoms with E-state index in [9.17, 15) is 19.2 Å². The lowest BCUT2D eigenvalue weighted by molar-refractivity contribution is -0.121. The van der Waals surface area contributed by atoms with Gasteiger partial charge in [0.05, 0.1) is 11.2 Å². The molecule has 7 rings (SSSR count). The van der Waals surface area contributed by atoms with Gasteiger partial charge in [-0.1, -0.05) is 30.3 Å². The number of nitrogens with one attached hydrogen (secondary N) is 2. The number of amides is 4. The Morgan fingerprint density at radius 2 is 1.25 bits per heavy atom. The molecular formula is C41H47N5O7. The molecule has 4 heterocycles. The fourth-order valence-electron chi connectivity index (χ4n) is 7.30. The Labute approximate surface area is 309 Å². The second-order valence-electron chi connectivity index (χ2n) is 15.9. The zero-order valence-corrected chi connectivity index (χ0v) is 31.1. The standard InChI is InChI=1S/C41H47N5O7/c1-40(2,3)52-38(49)44-20-10-14-31(44)35(47)42-27-17-19-30-26(22-27)23-33-29-18-16-28(24-34(29)51-37(46(30)33)25-12-8-7-9-13-25)43-36(48)32-15-11-21-45(32)39(50)53-41(4,5)6/h7-9,12-13,16-19,22-24,31-32,37H,10-11,14-15,20-21H2,1-6H3,(H,42,47)(H,43,48)/t31-,32-,37?/m0/s1. The lowest BCUT2D eigenvalue weighted by Crippen LogP contribution is -2.45. The Hall–Kier alpha value is -5.52. The summed E-state index contributed by atoms with van der Waals surface area (Å²) in [6.45, 7) is 11.8. The van der Waals surface area contributed by atoms with Crippen LogP contribution in [-0.4, -0.2) is 74.7 Å². The second-order valence-corrected chi connectivity index (χ2v) is 15.9. The van der Waals surface area contributed by atoms with Crippen molar-refractivity contribution >= 4 is 46.3 Å². The van der Waals surface area contributed by atoms with Crippen molar-refractivity contribution in [1.82, 2.24) is 14.4 Å². The predicted molar refractivity (Wildman–Crippen MR) is 202 cm³/mol. The number of carbonyl (C=O) groups is 4. The summed E-state index contributed by atoms with van der Waals surface area (Å²) in [6.07, 6.45) is 1.05. The number of carbonyl (C=O) groups excluding carboxylic acids is 4. The third-order valence-corrected chi connectivity index (χ3v) is 9.56. The molecule has 3 aliphatic heterocycles. The van der Waals surface area contributed by atoms with Crippen LogP contribution in [-0.2, 0) is 19.1 Å². The summed E-state index contributed by atoms with van der Waals surface area (Å²) in [5.41, 5.74) is 3.45. The Morgan fingerprint density at radius 1 is 0.698 bits per heavy atom. The van der Waals surface area contributed by atoms with Crippen molar-refractivity contribution in [3.63, 3.8) is 0 Å². The van der Waals surface area contributed by atoms with Gasteiger partial charge in [0.1, 0.15) is 29.0 Å². The van der Waals surface area contributed by atoms with Crippen LogP contribution in [0.3, 0.4) is 0 Å². The maximum Gasteiger partial charge on any atom is 0.410 e. The first-order chi connectivity index (χ1) is 25.1.